The highest BCUT2D eigenvalue weighted by Gasteiger charge is 2.26. The first kappa shape index (κ1) is 78.4. The van der Waals surface area contributed by atoms with E-state index in [1.807, 2.05) is 0 Å². The molecule has 2 unspecified atom stereocenters. The van der Waals surface area contributed by atoms with Crippen molar-refractivity contribution in [1.82, 2.24) is 0 Å². The number of esters is 2. The molecule has 2 atom stereocenters. The van der Waals surface area contributed by atoms with E-state index < -0.39 is 32.5 Å². The SMILES string of the molecule is CC/C=C\C/C=C\C/C=C\C/C=C\C/C=C\C/C=C\C/C=C\C/C=C\C/C=C\C/C=C\C/C=C\CCCCCCCC(=O)OC(COC(=O)CCCCCCCCCC/C=C\C/C=C\C/C=C\CCCCCCC)COP(=O)(O)OCCN. The highest BCUT2D eigenvalue weighted by atomic mass is 31.2. The van der Waals surface area contributed by atoms with Crippen LogP contribution >= 0.6 is 7.82 Å². The van der Waals surface area contributed by atoms with Crippen LogP contribution < -0.4 is 5.73 Å². The minimum Gasteiger partial charge on any atom is -0.462 e. The average molecular weight is 1170 g/mol. The molecule has 3 N–H and O–H groups in total. The maximum atomic E-state index is 12.7. The van der Waals surface area contributed by atoms with Gasteiger partial charge in [-0.05, 0) is 135 Å². The maximum Gasteiger partial charge on any atom is 0.472 e. The third-order valence-electron chi connectivity index (χ3n) is 13.1. The summed E-state index contributed by atoms with van der Waals surface area (Å²) in [5, 5.41) is 0. The van der Waals surface area contributed by atoms with Gasteiger partial charge in [-0.2, -0.15) is 0 Å². The van der Waals surface area contributed by atoms with Gasteiger partial charge in [-0.3, -0.25) is 18.6 Å². The summed E-state index contributed by atoms with van der Waals surface area (Å²) in [7, 11) is -4.41. The van der Waals surface area contributed by atoms with Crippen LogP contribution in [0.1, 0.15) is 245 Å². The highest BCUT2D eigenvalue weighted by Crippen LogP contribution is 2.43. The number of hydrogen-bond donors (Lipinski definition) is 2. The van der Waals surface area contributed by atoms with Crippen molar-refractivity contribution in [2.24, 2.45) is 5.73 Å². The summed E-state index contributed by atoms with van der Waals surface area (Å²) in [6.07, 6.45) is 98.4. The maximum absolute atomic E-state index is 12.7. The number of carbonyl (C=O) groups is 2. The number of unbranched alkanes of at least 4 members (excludes halogenated alkanes) is 18. The molecule has 0 saturated carbocycles. The largest absolute Gasteiger partial charge is 0.472 e. The second kappa shape index (κ2) is 66.5. The number of hydrogen-bond acceptors (Lipinski definition) is 8. The van der Waals surface area contributed by atoms with Crippen molar-refractivity contribution in [2.45, 2.75) is 251 Å². The number of rotatable bonds is 59. The van der Waals surface area contributed by atoms with Crippen molar-refractivity contribution in [1.29, 1.82) is 0 Å². The van der Waals surface area contributed by atoms with E-state index in [0.29, 0.717) is 12.8 Å². The van der Waals surface area contributed by atoms with Gasteiger partial charge in [0, 0.05) is 19.4 Å². The first-order chi connectivity index (χ1) is 40.8. The van der Waals surface area contributed by atoms with Gasteiger partial charge >= 0.3 is 19.8 Å². The molecule has 0 radical (unpaired) electrons. The first-order valence-corrected chi connectivity index (χ1v) is 34.1. The van der Waals surface area contributed by atoms with Crippen molar-refractivity contribution in [3.05, 3.63) is 170 Å². The molecule has 0 aliphatic carbocycles. The minimum absolute atomic E-state index is 0.0397. The van der Waals surface area contributed by atoms with Gasteiger partial charge in [-0.25, -0.2) is 4.57 Å². The van der Waals surface area contributed by atoms with E-state index in [1.165, 1.54) is 64.2 Å². The highest BCUT2D eigenvalue weighted by molar-refractivity contribution is 7.47. The van der Waals surface area contributed by atoms with E-state index in [0.717, 1.165) is 141 Å². The monoisotopic (exact) mass is 1170 g/mol. The lowest BCUT2D eigenvalue weighted by atomic mass is 10.1. The fraction of sp³-hybridized carbons (Fsp3) is 0.589. The van der Waals surface area contributed by atoms with Crippen LogP contribution in [0.25, 0.3) is 0 Å². The molecule has 0 aromatic rings. The molecule has 0 heterocycles. The lowest BCUT2D eigenvalue weighted by Gasteiger charge is -2.19. The van der Waals surface area contributed by atoms with Gasteiger partial charge in [0.15, 0.2) is 6.10 Å². The van der Waals surface area contributed by atoms with E-state index in [-0.39, 0.29) is 32.6 Å². The Bertz CT molecular complexity index is 1960. The molecule has 0 spiro atoms. The zero-order valence-electron chi connectivity index (χ0n) is 52.4. The molecule has 0 amide bonds. The predicted octanol–water partition coefficient (Wildman–Crippen LogP) is 21.4. The number of phosphoric acid groups is 1. The topological polar surface area (TPSA) is 134 Å². The van der Waals surface area contributed by atoms with Gasteiger partial charge in [0.05, 0.1) is 13.2 Å². The standard InChI is InChI=1S/C73H118NO8P/c1-3-5-7-9-11-13-15-17-19-21-23-25-27-28-29-30-31-32-33-34-35-36-37-38-39-40-41-42-44-46-48-50-52-54-56-58-60-62-64-66-73(76)82-71(70-81-83(77,78)80-68-67-74)69-79-72(75)65-63-61-59-57-55-53-51-49-47-45-43-26-24-22-20-18-16-14-12-10-8-6-4-2/h5,7,11,13,16-19,22-25,28-29,31-32,34-35,37-38,40-41,43-46,50,52,71H,3-4,6,8-10,12,14-15,20-21,26-27,30,33,36,39,42,47-49,51,53-70,74H2,1-2H3,(H,77,78)/b7-5-,13-11-,18-16-,19-17-,24-22-,25-23-,29-28-,32-31-,35-34-,38-37-,41-40-,45-43-,46-44-,52-50-. The number of phosphoric ester groups is 1. The molecule has 0 bridgehead atoms. The molecule has 0 aromatic heterocycles. The Balaban J connectivity index is 4.06. The van der Waals surface area contributed by atoms with Crippen LogP contribution in [-0.2, 0) is 32.7 Å². The van der Waals surface area contributed by atoms with Gasteiger partial charge in [0.2, 0.25) is 0 Å². The number of carbonyl (C=O) groups excluding carboxylic acids is 2. The Morgan fingerprint density at radius 2 is 0.663 bits per heavy atom. The Morgan fingerprint density at radius 1 is 0.373 bits per heavy atom. The van der Waals surface area contributed by atoms with Gasteiger partial charge in [-0.1, -0.05) is 267 Å². The molecule has 9 nitrogen and oxygen atoms in total. The van der Waals surface area contributed by atoms with E-state index in [1.54, 1.807) is 0 Å². The molecular formula is C73H118NO8P. The molecule has 83 heavy (non-hydrogen) atoms. The fourth-order valence-corrected chi connectivity index (χ4v) is 9.06. The second-order valence-electron chi connectivity index (χ2n) is 20.9. The van der Waals surface area contributed by atoms with E-state index in [4.69, 9.17) is 24.3 Å². The molecule has 0 saturated heterocycles. The molecule has 10 heteroatoms. The van der Waals surface area contributed by atoms with Crippen molar-refractivity contribution in [3.63, 3.8) is 0 Å². The predicted molar refractivity (Wildman–Crippen MR) is 357 cm³/mol. The zero-order chi connectivity index (χ0) is 60.1. The van der Waals surface area contributed by atoms with Crippen LogP contribution in [0.15, 0.2) is 170 Å². The van der Waals surface area contributed by atoms with Crippen molar-refractivity contribution in [3.8, 4) is 0 Å². The van der Waals surface area contributed by atoms with Crippen LogP contribution in [0.3, 0.4) is 0 Å². The summed E-state index contributed by atoms with van der Waals surface area (Å²) in [6.45, 7) is 3.57. The van der Waals surface area contributed by atoms with Crippen molar-refractivity contribution in [2.75, 3.05) is 26.4 Å². The van der Waals surface area contributed by atoms with Crippen LogP contribution in [0.4, 0.5) is 0 Å². The summed E-state index contributed by atoms with van der Waals surface area (Å²) in [4.78, 5) is 35.3. The molecule has 0 aliphatic heterocycles. The summed E-state index contributed by atoms with van der Waals surface area (Å²) in [6, 6.07) is 0. The van der Waals surface area contributed by atoms with Crippen LogP contribution in [-0.4, -0.2) is 49.3 Å². The van der Waals surface area contributed by atoms with Crippen LogP contribution in [0.2, 0.25) is 0 Å². The van der Waals surface area contributed by atoms with Gasteiger partial charge < -0.3 is 20.1 Å². The molecule has 0 aliphatic rings. The summed E-state index contributed by atoms with van der Waals surface area (Å²) in [5.74, 6) is -0.869. The van der Waals surface area contributed by atoms with Crippen molar-refractivity contribution < 1.29 is 37.6 Å². The Labute approximate surface area is 508 Å². The van der Waals surface area contributed by atoms with Gasteiger partial charge in [0.1, 0.15) is 6.61 Å². The van der Waals surface area contributed by atoms with Crippen molar-refractivity contribution >= 4 is 19.8 Å². The normalized spacial score (nSPS) is 14.1. The lowest BCUT2D eigenvalue weighted by molar-refractivity contribution is -0.161. The summed E-state index contributed by atoms with van der Waals surface area (Å²) >= 11 is 0. The van der Waals surface area contributed by atoms with E-state index >= 15 is 0 Å². The third-order valence-corrected chi connectivity index (χ3v) is 14.1. The molecule has 468 valence electrons. The molecular weight excluding hydrogens is 1050 g/mol. The van der Waals surface area contributed by atoms with Crippen LogP contribution in [0, 0.1) is 0 Å². The van der Waals surface area contributed by atoms with E-state index in [2.05, 4.69) is 184 Å². The number of ether oxygens (including phenoxy) is 2. The Kier molecular flexibility index (Phi) is 62.8. The number of allylic oxidation sites excluding steroid dienone is 28. The molecule has 0 aromatic carbocycles. The number of nitrogens with two attached hydrogens (primary N) is 1. The quantitative estimate of drug-likeness (QED) is 0.0264. The summed E-state index contributed by atoms with van der Waals surface area (Å²) in [5.41, 5.74) is 5.39. The second-order valence-corrected chi connectivity index (χ2v) is 22.3. The third kappa shape index (κ3) is 66.4. The van der Waals surface area contributed by atoms with Crippen LogP contribution in [0.5, 0.6) is 0 Å². The average Bonchev–Trinajstić information content (AvgIpc) is 3.48. The molecule has 0 fully saturated rings. The van der Waals surface area contributed by atoms with E-state index in [9.17, 15) is 19.0 Å². The zero-order valence-corrected chi connectivity index (χ0v) is 53.3. The molecule has 0 rings (SSSR count). The lowest BCUT2D eigenvalue weighted by Crippen LogP contribution is -2.29. The van der Waals surface area contributed by atoms with Gasteiger partial charge in [-0.15, -0.1) is 0 Å². The Morgan fingerprint density at radius 3 is 0.988 bits per heavy atom. The summed E-state index contributed by atoms with van der Waals surface area (Å²) < 4.78 is 33.1. The van der Waals surface area contributed by atoms with Gasteiger partial charge in [0.25, 0.3) is 0 Å². The minimum atomic E-state index is -4.41. The fourth-order valence-electron chi connectivity index (χ4n) is 8.29. The first-order valence-electron chi connectivity index (χ1n) is 32.6. The smallest absolute Gasteiger partial charge is 0.462 e. The Hall–Kier alpha value is -4.63.